The minimum Gasteiger partial charge on any atom is -0.456 e. The van der Waals surface area contributed by atoms with E-state index in [1.807, 2.05) is 67.6 Å². The molecule has 0 radical (unpaired) electrons. The molecule has 2 aromatic carbocycles. The molecule has 0 aliphatic rings. The normalized spacial score (nSPS) is 12.5. The Bertz CT molecular complexity index is 762. The van der Waals surface area contributed by atoms with Gasteiger partial charge in [-0.3, -0.25) is 14.4 Å². The Morgan fingerprint density at radius 3 is 2.00 bits per heavy atom. The predicted octanol–water partition coefficient (Wildman–Crippen LogP) is 2.67. The number of amides is 2. The molecule has 0 aliphatic carbocycles. The fraction of sp³-hybridized carbons (Fsp3) is 0.286. The average molecular weight is 368 g/mol. The number of esters is 1. The summed E-state index contributed by atoms with van der Waals surface area (Å²) < 4.78 is 5.07. The zero-order valence-corrected chi connectivity index (χ0v) is 15.5. The van der Waals surface area contributed by atoms with Crippen LogP contribution in [0, 0.1) is 0 Å². The highest BCUT2D eigenvalue weighted by Gasteiger charge is 2.19. The largest absolute Gasteiger partial charge is 0.456 e. The van der Waals surface area contributed by atoms with E-state index in [2.05, 4.69) is 10.6 Å². The van der Waals surface area contributed by atoms with Crippen LogP contribution in [-0.4, -0.2) is 24.4 Å². The predicted molar refractivity (Wildman–Crippen MR) is 102 cm³/mol. The van der Waals surface area contributed by atoms with E-state index in [4.69, 9.17) is 4.74 Å². The minimum absolute atomic E-state index is 0.0505. The van der Waals surface area contributed by atoms with Crippen molar-refractivity contribution in [1.29, 1.82) is 0 Å². The van der Waals surface area contributed by atoms with Gasteiger partial charge in [0.15, 0.2) is 6.61 Å². The van der Waals surface area contributed by atoms with Crippen LogP contribution in [0.5, 0.6) is 0 Å². The second-order valence-electron chi connectivity index (χ2n) is 6.23. The number of rotatable bonds is 8. The molecule has 0 heterocycles. The zero-order chi connectivity index (χ0) is 19.6. The molecule has 2 N–H and O–H groups in total. The maximum atomic E-state index is 12.1. The molecule has 2 atom stereocenters. The zero-order valence-electron chi connectivity index (χ0n) is 15.5. The maximum absolute atomic E-state index is 12.1. The molecule has 0 bridgehead atoms. The summed E-state index contributed by atoms with van der Waals surface area (Å²) in [6, 6.07) is 18.0. The van der Waals surface area contributed by atoms with Crippen LogP contribution in [0.3, 0.4) is 0 Å². The molecule has 0 saturated carbocycles. The molecule has 0 spiro atoms. The van der Waals surface area contributed by atoms with Gasteiger partial charge in [-0.1, -0.05) is 60.7 Å². The first-order valence-corrected chi connectivity index (χ1v) is 8.77. The van der Waals surface area contributed by atoms with Crippen LogP contribution in [0.15, 0.2) is 60.7 Å². The molecule has 2 rings (SSSR count). The summed E-state index contributed by atoms with van der Waals surface area (Å²) in [7, 11) is 0. The van der Waals surface area contributed by atoms with Crippen LogP contribution in [0.2, 0.25) is 0 Å². The molecule has 0 aliphatic heterocycles. The third-order valence-electron chi connectivity index (χ3n) is 3.99. The van der Waals surface area contributed by atoms with Crippen molar-refractivity contribution in [2.24, 2.45) is 0 Å². The third kappa shape index (κ3) is 6.93. The van der Waals surface area contributed by atoms with Crippen molar-refractivity contribution in [3.8, 4) is 0 Å². The van der Waals surface area contributed by atoms with E-state index in [1.165, 1.54) is 6.92 Å². The van der Waals surface area contributed by atoms with Crippen molar-refractivity contribution in [2.75, 3.05) is 6.61 Å². The van der Waals surface area contributed by atoms with E-state index < -0.39 is 12.0 Å². The lowest BCUT2D eigenvalue weighted by Crippen LogP contribution is -2.32. The van der Waals surface area contributed by atoms with Crippen LogP contribution in [-0.2, 0) is 19.1 Å². The van der Waals surface area contributed by atoms with Gasteiger partial charge in [0.2, 0.25) is 5.91 Å². The summed E-state index contributed by atoms with van der Waals surface area (Å²) in [6.07, 6.45) is -0.0505. The Kier molecular flexibility index (Phi) is 7.55. The van der Waals surface area contributed by atoms with Gasteiger partial charge in [0.1, 0.15) is 0 Å². The topological polar surface area (TPSA) is 84.5 Å². The molecule has 0 saturated heterocycles. The van der Waals surface area contributed by atoms with Crippen molar-refractivity contribution in [1.82, 2.24) is 10.6 Å². The van der Waals surface area contributed by atoms with E-state index in [-0.39, 0.29) is 30.9 Å². The molecule has 0 unspecified atom stereocenters. The van der Waals surface area contributed by atoms with Gasteiger partial charge in [-0.2, -0.15) is 0 Å². The highest BCUT2D eigenvalue weighted by atomic mass is 16.5. The van der Waals surface area contributed by atoms with Crippen molar-refractivity contribution in [3.63, 3.8) is 0 Å². The Morgan fingerprint density at radius 2 is 1.44 bits per heavy atom. The van der Waals surface area contributed by atoms with Gasteiger partial charge < -0.3 is 15.4 Å². The number of ether oxygens (including phenoxy) is 1. The molecule has 142 valence electrons. The summed E-state index contributed by atoms with van der Waals surface area (Å²) in [5, 5.41) is 5.51. The molecule has 2 amide bonds. The van der Waals surface area contributed by atoms with E-state index in [9.17, 15) is 14.4 Å². The number of hydrogen-bond donors (Lipinski definition) is 2. The number of carbonyl (C=O) groups is 3. The van der Waals surface area contributed by atoms with Gasteiger partial charge in [-0.25, -0.2) is 0 Å². The van der Waals surface area contributed by atoms with Crippen molar-refractivity contribution in [2.45, 2.75) is 32.4 Å². The number of hydrogen-bond acceptors (Lipinski definition) is 4. The SMILES string of the molecule is CC(=O)N[C@H](CC(=O)OCC(=O)N[C@H](C)c1ccccc1)c1ccccc1. The maximum Gasteiger partial charge on any atom is 0.308 e. The number of carbonyl (C=O) groups excluding carboxylic acids is 3. The highest BCUT2D eigenvalue weighted by molar-refractivity contribution is 5.81. The third-order valence-corrected chi connectivity index (χ3v) is 3.99. The van der Waals surface area contributed by atoms with Crippen LogP contribution in [0.1, 0.15) is 43.5 Å². The minimum atomic E-state index is -0.555. The Morgan fingerprint density at radius 1 is 0.889 bits per heavy atom. The molecule has 0 fully saturated rings. The smallest absolute Gasteiger partial charge is 0.308 e. The van der Waals surface area contributed by atoms with Gasteiger partial charge in [-0.15, -0.1) is 0 Å². The lowest BCUT2D eigenvalue weighted by molar-refractivity contribution is -0.149. The molecule has 6 heteroatoms. The lowest BCUT2D eigenvalue weighted by atomic mass is 10.0. The first kappa shape index (κ1) is 20.2. The van der Waals surface area contributed by atoms with Gasteiger partial charge in [0.25, 0.3) is 5.91 Å². The highest BCUT2D eigenvalue weighted by Crippen LogP contribution is 2.17. The van der Waals surface area contributed by atoms with Gasteiger partial charge in [-0.05, 0) is 18.1 Å². The fourth-order valence-electron chi connectivity index (χ4n) is 2.66. The van der Waals surface area contributed by atoms with E-state index in [0.717, 1.165) is 11.1 Å². The first-order chi connectivity index (χ1) is 13.0. The first-order valence-electron chi connectivity index (χ1n) is 8.77. The lowest BCUT2D eigenvalue weighted by Gasteiger charge is -2.18. The molecule has 27 heavy (non-hydrogen) atoms. The number of nitrogens with one attached hydrogen (secondary N) is 2. The summed E-state index contributed by atoms with van der Waals surface area (Å²) in [4.78, 5) is 35.5. The van der Waals surface area contributed by atoms with Crippen molar-refractivity contribution >= 4 is 17.8 Å². The summed E-state index contributed by atoms with van der Waals surface area (Å²) in [5.74, 6) is -1.18. The standard InChI is InChI=1S/C21H24N2O4/c1-15(17-9-5-3-6-10-17)22-20(25)14-27-21(26)13-19(23-16(2)24)18-11-7-4-8-12-18/h3-12,15,19H,13-14H2,1-2H3,(H,22,25)(H,23,24)/t15-,19-/m1/s1. The second kappa shape index (κ2) is 10.1. The van der Waals surface area contributed by atoms with Gasteiger partial charge in [0.05, 0.1) is 18.5 Å². The summed E-state index contributed by atoms with van der Waals surface area (Å²) in [5.41, 5.74) is 1.76. The van der Waals surface area contributed by atoms with E-state index >= 15 is 0 Å². The molecular weight excluding hydrogens is 344 g/mol. The molecule has 6 nitrogen and oxygen atoms in total. The monoisotopic (exact) mass is 368 g/mol. The van der Waals surface area contributed by atoms with Crippen molar-refractivity contribution < 1.29 is 19.1 Å². The Balaban J connectivity index is 1.84. The van der Waals surface area contributed by atoms with E-state index in [1.54, 1.807) is 0 Å². The molecule has 0 aromatic heterocycles. The van der Waals surface area contributed by atoms with Crippen molar-refractivity contribution in [3.05, 3.63) is 71.8 Å². The average Bonchev–Trinajstić information content (AvgIpc) is 2.67. The summed E-state index contributed by atoms with van der Waals surface area (Å²) >= 11 is 0. The Hall–Kier alpha value is -3.15. The van der Waals surface area contributed by atoms with Gasteiger partial charge >= 0.3 is 5.97 Å². The van der Waals surface area contributed by atoms with Crippen LogP contribution in [0.25, 0.3) is 0 Å². The second-order valence-corrected chi connectivity index (χ2v) is 6.23. The van der Waals surface area contributed by atoms with E-state index in [0.29, 0.717) is 0 Å². The van der Waals surface area contributed by atoms with Crippen LogP contribution in [0.4, 0.5) is 0 Å². The molecular formula is C21H24N2O4. The molecule has 2 aromatic rings. The van der Waals surface area contributed by atoms with Crippen LogP contribution < -0.4 is 10.6 Å². The van der Waals surface area contributed by atoms with Gasteiger partial charge in [0, 0.05) is 6.92 Å². The number of benzene rings is 2. The fourth-order valence-corrected chi connectivity index (χ4v) is 2.66. The Labute approximate surface area is 158 Å². The summed E-state index contributed by atoms with van der Waals surface area (Å²) in [6.45, 7) is 2.88. The quantitative estimate of drug-likeness (QED) is 0.702. The van der Waals surface area contributed by atoms with Crippen LogP contribution >= 0.6 is 0 Å².